The highest BCUT2D eigenvalue weighted by Gasteiger charge is 2.49. The van der Waals surface area contributed by atoms with Gasteiger partial charge in [0.1, 0.15) is 6.54 Å². The van der Waals surface area contributed by atoms with Gasteiger partial charge in [-0.25, -0.2) is 9.69 Å². The third kappa shape index (κ3) is 3.13. The number of carbonyl (C=O) groups excluding carboxylic acids is 4. The van der Waals surface area contributed by atoms with E-state index in [-0.39, 0.29) is 18.5 Å². The van der Waals surface area contributed by atoms with Gasteiger partial charge in [0.25, 0.3) is 0 Å². The second kappa shape index (κ2) is 6.89. The van der Waals surface area contributed by atoms with Crippen LogP contribution in [0.2, 0.25) is 0 Å². The van der Waals surface area contributed by atoms with Crippen molar-refractivity contribution in [3.8, 4) is 0 Å². The van der Waals surface area contributed by atoms with Gasteiger partial charge in [-0.15, -0.1) is 0 Å². The van der Waals surface area contributed by atoms with Crippen molar-refractivity contribution in [1.29, 1.82) is 0 Å². The number of imide groups is 2. The zero-order chi connectivity index (χ0) is 16.3. The largest absolute Gasteiger partial charge is 0.355 e. The lowest BCUT2D eigenvalue weighted by molar-refractivity contribution is -0.145. The maximum Gasteiger partial charge on any atom is 0.334 e. The minimum absolute atomic E-state index is 0.184. The number of amides is 5. The van der Waals surface area contributed by atoms with Gasteiger partial charge in [-0.3, -0.25) is 19.3 Å². The van der Waals surface area contributed by atoms with Crippen molar-refractivity contribution in [1.82, 2.24) is 15.1 Å². The van der Waals surface area contributed by atoms with Gasteiger partial charge >= 0.3 is 17.8 Å². The summed E-state index contributed by atoms with van der Waals surface area (Å²) in [5.74, 6) is -1.93. The lowest BCUT2D eigenvalue weighted by Crippen LogP contribution is -2.47. The Hall–Kier alpha value is -1.92. The van der Waals surface area contributed by atoms with E-state index in [0.29, 0.717) is 6.54 Å². The molecular formula is C15H23N3O4. The fraction of sp³-hybridized carbons (Fsp3) is 0.733. The van der Waals surface area contributed by atoms with Gasteiger partial charge in [0.2, 0.25) is 5.91 Å². The summed E-state index contributed by atoms with van der Waals surface area (Å²) in [5, 5.41) is 2.60. The topological polar surface area (TPSA) is 86.8 Å². The molecule has 1 N–H and O–H groups in total. The van der Waals surface area contributed by atoms with Crippen molar-refractivity contribution in [2.24, 2.45) is 5.92 Å². The second-order valence-corrected chi connectivity index (χ2v) is 6.03. The number of hydrogen-bond donors (Lipinski definition) is 1. The van der Waals surface area contributed by atoms with E-state index >= 15 is 0 Å². The van der Waals surface area contributed by atoms with Crippen molar-refractivity contribution in [3.05, 3.63) is 0 Å². The molecule has 7 nitrogen and oxygen atoms in total. The van der Waals surface area contributed by atoms with Crippen LogP contribution in [0.4, 0.5) is 4.79 Å². The number of hydrogen-bond acceptors (Lipinski definition) is 4. The predicted octanol–water partition coefficient (Wildman–Crippen LogP) is 0.882. The first-order valence-corrected chi connectivity index (χ1v) is 7.93. The fourth-order valence-electron chi connectivity index (χ4n) is 3.10. The molecule has 0 aromatic carbocycles. The summed E-state index contributed by atoms with van der Waals surface area (Å²) in [6.07, 6.45) is 4.44. The average molecular weight is 309 g/mol. The molecule has 1 heterocycles. The first-order valence-electron chi connectivity index (χ1n) is 7.93. The van der Waals surface area contributed by atoms with Gasteiger partial charge in [0.05, 0.1) is 0 Å². The van der Waals surface area contributed by atoms with E-state index in [0.717, 1.165) is 41.9 Å². The molecular weight excluding hydrogens is 286 g/mol. The molecule has 0 aromatic rings. The molecule has 7 heteroatoms. The second-order valence-electron chi connectivity index (χ2n) is 6.03. The van der Waals surface area contributed by atoms with Crippen molar-refractivity contribution >= 4 is 23.8 Å². The van der Waals surface area contributed by atoms with Crippen molar-refractivity contribution in [3.63, 3.8) is 0 Å². The Balaban J connectivity index is 2.08. The van der Waals surface area contributed by atoms with E-state index in [1.165, 1.54) is 0 Å². The summed E-state index contributed by atoms with van der Waals surface area (Å²) in [6.45, 7) is 3.99. The Kier molecular flexibility index (Phi) is 5.15. The van der Waals surface area contributed by atoms with Crippen LogP contribution < -0.4 is 5.32 Å². The lowest BCUT2D eigenvalue weighted by Gasteiger charge is -2.34. The Bertz CT molecular complexity index is 491. The van der Waals surface area contributed by atoms with Gasteiger partial charge in [-0.05, 0) is 25.2 Å². The molecule has 2 fully saturated rings. The molecule has 2 aliphatic rings. The Morgan fingerprint density at radius 3 is 2.50 bits per heavy atom. The van der Waals surface area contributed by atoms with Crippen LogP contribution in [0.1, 0.15) is 46.0 Å². The molecule has 1 aliphatic carbocycles. The highest BCUT2D eigenvalue weighted by Crippen LogP contribution is 2.31. The molecule has 122 valence electrons. The fourth-order valence-corrected chi connectivity index (χ4v) is 3.10. The minimum atomic E-state index is -0.894. The van der Waals surface area contributed by atoms with E-state index in [4.69, 9.17) is 0 Å². The molecule has 22 heavy (non-hydrogen) atoms. The average Bonchev–Trinajstić information content (AvgIpc) is 2.70. The molecule has 0 spiro atoms. The molecule has 5 amide bonds. The molecule has 0 aromatic heterocycles. The molecule has 1 saturated heterocycles. The van der Waals surface area contributed by atoms with Crippen LogP contribution in [-0.4, -0.2) is 52.7 Å². The van der Waals surface area contributed by atoms with Crippen molar-refractivity contribution < 1.29 is 19.2 Å². The van der Waals surface area contributed by atoms with Crippen LogP contribution in [0, 0.1) is 5.92 Å². The number of rotatable bonds is 5. The van der Waals surface area contributed by atoms with Crippen molar-refractivity contribution in [2.75, 3.05) is 13.1 Å². The maximum absolute atomic E-state index is 12.4. The first-order chi connectivity index (χ1) is 10.5. The Morgan fingerprint density at radius 1 is 1.18 bits per heavy atom. The summed E-state index contributed by atoms with van der Waals surface area (Å²) >= 11 is 0. The molecule has 2 atom stereocenters. The molecule has 1 aliphatic heterocycles. The standard InChI is InChI=1S/C15H23N3O4/c1-3-8-16-12(19)9-17-13(20)14(21)18(15(17)22)11-7-5-4-6-10(11)2/h10-11H,3-9H2,1-2H3,(H,16,19)/t10-,11+/m1/s1. The number of nitrogens with zero attached hydrogens (tertiary/aromatic N) is 2. The van der Waals surface area contributed by atoms with Crippen molar-refractivity contribution in [2.45, 2.75) is 52.0 Å². The van der Waals surface area contributed by atoms with Gasteiger partial charge in [-0.2, -0.15) is 0 Å². The van der Waals surface area contributed by atoms with Crippen LogP contribution in [0.3, 0.4) is 0 Å². The number of nitrogens with one attached hydrogen (secondary N) is 1. The highest BCUT2D eigenvalue weighted by molar-refractivity contribution is 6.45. The number of carbonyl (C=O) groups is 4. The molecule has 2 rings (SSSR count). The summed E-state index contributed by atoms with van der Waals surface area (Å²) in [4.78, 5) is 50.1. The van der Waals surface area contributed by atoms with Crippen LogP contribution in [0.25, 0.3) is 0 Å². The van der Waals surface area contributed by atoms with Gasteiger partial charge in [0, 0.05) is 12.6 Å². The van der Waals surface area contributed by atoms with E-state index < -0.39 is 23.8 Å². The monoisotopic (exact) mass is 309 g/mol. The van der Waals surface area contributed by atoms with E-state index in [2.05, 4.69) is 5.32 Å². The van der Waals surface area contributed by atoms with Crippen LogP contribution in [0.15, 0.2) is 0 Å². The van der Waals surface area contributed by atoms with E-state index in [9.17, 15) is 19.2 Å². The number of urea groups is 1. The Morgan fingerprint density at radius 2 is 1.86 bits per heavy atom. The molecule has 0 radical (unpaired) electrons. The first kappa shape index (κ1) is 16.5. The summed E-state index contributed by atoms with van der Waals surface area (Å²) in [6, 6.07) is -0.887. The molecule has 1 saturated carbocycles. The van der Waals surface area contributed by atoms with Crippen LogP contribution >= 0.6 is 0 Å². The zero-order valence-electron chi connectivity index (χ0n) is 13.1. The highest BCUT2D eigenvalue weighted by atomic mass is 16.2. The summed E-state index contributed by atoms with van der Waals surface area (Å²) in [5.41, 5.74) is 0. The maximum atomic E-state index is 12.4. The summed E-state index contributed by atoms with van der Waals surface area (Å²) in [7, 11) is 0. The van der Waals surface area contributed by atoms with Crippen LogP contribution in [-0.2, 0) is 14.4 Å². The minimum Gasteiger partial charge on any atom is -0.355 e. The molecule has 0 bridgehead atoms. The lowest BCUT2D eigenvalue weighted by atomic mass is 9.85. The van der Waals surface area contributed by atoms with Gasteiger partial charge < -0.3 is 5.32 Å². The van der Waals surface area contributed by atoms with Gasteiger partial charge in [-0.1, -0.05) is 26.7 Å². The third-order valence-electron chi connectivity index (χ3n) is 4.36. The SMILES string of the molecule is CCCNC(=O)CN1C(=O)C(=O)N([C@H]2CCCC[C@H]2C)C1=O. The smallest absolute Gasteiger partial charge is 0.334 e. The van der Waals surface area contributed by atoms with Gasteiger partial charge in [0.15, 0.2) is 0 Å². The quantitative estimate of drug-likeness (QED) is 0.603. The van der Waals surface area contributed by atoms with E-state index in [1.54, 1.807) is 0 Å². The Labute approximate surface area is 130 Å². The third-order valence-corrected chi connectivity index (χ3v) is 4.36. The van der Waals surface area contributed by atoms with E-state index in [1.807, 2.05) is 13.8 Å². The van der Waals surface area contributed by atoms with Crippen LogP contribution in [0.5, 0.6) is 0 Å². The zero-order valence-corrected chi connectivity index (χ0v) is 13.1. The summed E-state index contributed by atoms with van der Waals surface area (Å²) < 4.78 is 0. The molecule has 0 unspecified atom stereocenters. The normalized spacial score (nSPS) is 25.8. The predicted molar refractivity (Wildman–Crippen MR) is 78.7 cm³/mol.